The number of hydrogen-bond acceptors (Lipinski definition) is 4. The van der Waals surface area contributed by atoms with Gasteiger partial charge in [0, 0.05) is 23.7 Å². The molecule has 0 aliphatic heterocycles. The Labute approximate surface area is 145 Å². The number of carbonyl (C=O) groups is 1. The van der Waals surface area contributed by atoms with E-state index in [9.17, 15) is 9.90 Å². The Morgan fingerprint density at radius 2 is 2.12 bits per heavy atom. The van der Waals surface area contributed by atoms with Crippen LogP contribution in [0.2, 0.25) is 0 Å². The molecule has 0 aliphatic rings. The van der Waals surface area contributed by atoms with Crippen LogP contribution in [-0.4, -0.2) is 29.7 Å². The van der Waals surface area contributed by atoms with Gasteiger partial charge in [0.25, 0.3) is 0 Å². The van der Waals surface area contributed by atoms with E-state index in [1.54, 1.807) is 37.6 Å². The molecular formula is C20H18N2O3. The second-order valence-electron chi connectivity index (χ2n) is 5.49. The molecule has 0 aliphatic carbocycles. The normalized spacial score (nSPS) is 10.4. The number of anilines is 1. The number of carboxylic acid groups (broad SMARTS) is 1. The van der Waals surface area contributed by atoms with E-state index in [4.69, 9.17) is 4.74 Å². The summed E-state index contributed by atoms with van der Waals surface area (Å²) in [4.78, 5) is 15.8. The van der Waals surface area contributed by atoms with Crippen LogP contribution in [-0.2, 0) is 0 Å². The van der Waals surface area contributed by atoms with Gasteiger partial charge in [-0.15, -0.1) is 6.58 Å². The van der Waals surface area contributed by atoms with Crippen LogP contribution in [0, 0.1) is 0 Å². The standard InChI is InChI=1S/C20H18N2O3/c1-3-9-21-19-16-8-7-15(25-2)11-17(16)18(12-22-19)13-5-4-6-14(10-13)20(23)24/h3-8,10-12H,1,9H2,2H3,(H,21,22)(H,23,24). The fourth-order valence-corrected chi connectivity index (χ4v) is 2.71. The van der Waals surface area contributed by atoms with Crippen molar-refractivity contribution in [3.8, 4) is 16.9 Å². The predicted octanol–water partition coefficient (Wildman–Crippen LogP) is 4.21. The summed E-state index contributed by atoms with van der Waals surface area (Å²) in [6.07, 6.45) is 3.51. The van der Waals surface area contributed by atoms with Gasteiger partial charge in [0.15, 0.2) is 0 Å². The molecule has 0 unspecified atom stereocenters. The zero-order valence-corrected chi connectivity index (χ0v) is 13.8. The number of aromatic carboxylic acids is 1. The molecule has 0 atom stereocenters. The van der Waals surface area contributed by atoms with E-state index in [0.717, 1.165) is 33.5 Å². The maximum absolute atomic E-state index is 11.3. The maximum Gasteiger partial charge on any atom is 0.335 e. The van der Waals surface area contributed by atoms with Crippen LogP contribution in [0.25, 0.3) is 21.9 Å². The molecule has 0 spiro atoms. The SMILES string of the molecule is C=CCNc1ncc(-c2cccc(C(=O)O)c2)c2cc(OC)ccc12. The molecule has 1 aromatic heterocycles. The maximum atomic E-state index is 11.3. The average Bonchev–Trinajstić information content (AvgIpc) is 2.65. The van der Waals surface area contributed by atoms with E-state index in [-0.39, 0.29) is 5.56 Å². The van der Waals surface area contributed by atoms with Gasteiger partial charge in [0.1, 0.15) is 11.6 Å². The van der Waals surface area contributed by atoms with Gasteiger partial charge < -0.3 is 15.2 Å². The van der Waals surface area contributed by atoms with E-state index >= 15 is 0 Å². The third kappa shape index (κ3) is 3.30. The Hall–Kier alpha value is -3.34. The number of rotatable bonds is 6. The van der Waals surface area contributed by atoms with Crippen LogP contribution in [0.5, 0.6) is 5.75 Å². The van der Waals surface area contributed by atoms with Gasteiger partial charge in [0.05, 0.1) is 12.7 Å². The highest BCUT2D eigenvalue weighted by Gasteiger charge is 2.12. The highest BCUT2D eigenvalue weighted by atomic mass is 16.5. The van der Waals surface area contributed by atoms with Gasteiger partial charge in [-0.3, -0.25) is 0 Å². The second kappa shape index (κ2) is 7.05. The van der Waals surface area contributed by atoms with Gasteiger partial charge >= 0.3 is 5.97 Å². The number of hydrogen-bond donors (Lipinski definition) is 2. The summed E-state index contributed by atoms with van der Waals surface area (Å²) < 4.78 is 5.35. The Morgan fingerprint density at radius 1 is 1.28 bits per heavy atom. The molecule has 2 aromatic carbocycles. The van der Waals surface area contributed by atoms with Crippen LogP contribution in [0.4, 0.5) is 5.82 Å². The van der Waals surface area contributed by atoms with E-state index < -0.39 is 5.97 Å². The first-order valence-electron chi connectivity index (χ1n) is 7.79. The van der Waals surface area contributed by atoms with Crippen molar-refractivity contribution >= 4 is 22.6 Å². The van der Waals surface area contributed by atoms with E-state index in [2.05, 4.69) is 16.9 Å². The fraction of sp³-hybridized carbons (Fsp3) is 0.100. The van der Waals surface area contributed by atoms with Gasteiger partial charge in [-0.05, 0) is 41.3 Å². The number of nitrogens with zero attached hydrogens (tertiary/aromatic N) is 1. The minimum atomic E-state index is -0.957. The van der Waals surface area contributed by atoms with Crippen molar-refractivity contribution in [1.29, 1.82) is 0 Å². The van der Waals surface area contributed by atoms with Crippen LogP contribution < -0.4 is 10.1 Å². The van der Waals surface area contributed by atoms with Crippen molar-refractivity contribution in [2.45, 2.75) is 0 Å². The number of pyridine rings is 1. The highest BCUT2D eigenvalue weighted by Crippen LogP contribution is 2.34. The molecule has 1 heterocycles. The summed E-state index contributed by atoms with van der Waals surface area (Å²) in [6.45, 7) is 4.31. The van der Waals surface area contributed by atoms with Crippen molar-refractivity contribution in [1.82, 2.24) is 4.98 Å². The lowest BCUT2D eigenvalue weighted by Gasteiger charge is -2.13. The average molecular weight is 334 g/mol. The molecule has 0 bridgehead atoms. The lowest BCUT2D eigenvalue weighted by Crippen LogP contribution is -2.02. The molecule has 0 amide bonds. The third-order valence-electron chi connectivity index (χ3n) is 3.93. The fourth-order valence-electron chi connectivity index (χ4n) is 2.71. The summed E-state index contributed by atoms with van der Waals surface area (Å²) in [7, 11) is 1.62. The van der Waals surface area contributed by atoms with Crippen LogP contribution in [0.3, 0.4) is 0 Å². The molecular weight excluding hydrogens is 316 g/mol. The van der Waals surface area contributed by atoms with Crippen molar-refractivity contribution in [3.05, 3.63) is 66.9 Å². The monoisotopic (exact) mass is 334 g/mol. The smallest absolute Gasteiger partial charge is 0.335 e. The molecule has 5 nitrogen and oxygen atoms in total. The van der Waals surface area contributed by atoms with Crippen LogP contribution in [0.15, 0.2) is 61.3 Å². The number of methoxy groups -OCH3 is 1. The largest absolute Gasteiger partial charge is 0.497 e. The van der Waals surface area contributed by atoms with E-state index in [1.807, 2.05) is 24.3 Å². The first-order chi connectivity index (χ1) is 12.1. The lowest BCUT2D eigenvalue weighted by molar-refractivity contribution is 0.0697. The third-order valence-corrected chi connectivity index (χ3v) is 3.93. The molecule has 3 aromatic rings. The Kier molecular flexibility index (Phi) is 4.66. The van der Waals surface area contributed by atoms with E-state index in [1.165, 1.54) is 0 Å². The van der Waals surface area contributed by atoms with Gasteiger partial charge in [-0.1, -0.05) is 18.2 Å². The van der Waals surface area contributed by atoms with Crippen molar-refractivity contribution in [3.63, 3.8) is 0 Å². The van der Waals surface area contributed by atoms with Crippen LogP contribution in [0.1, 0.15) is 10.4 Å². The molecule has 3 rings (SSSR count). The number of aromatic nitrogens is 1. The first-order valence-corrected chi connectivity index (χ1v) is 7.79. The van der Waals surface area contributed by atoms with Crippen molar-refractivity contribution in [2.75, 3.05) is 19.0 Å². The van der Waals surface area contributed by atoms with Crippen molar-refractivity contribution < 1.29 is 14.6 Å². The molecule has 2 N–H and O–H groups in total. The number of nitrogens with one attached hydrogen (secondary N) is 1. The number of fused-ring (bicyclic) bond motifs is 1. The number of carboxylic acids is 1. The molecule has 0 saturated carbocycles. The topological polar surface area (TPSA) is 71.5 Å². The number of benzene rings is 2. The van der Waals surface area contributed by atoms with Crippen LogP contribution >= 0.6 is 0 Å². The quantitative estimate of drug-likeness (QED) is 0.661. The minimum absolute atomic E-state index is 0.238. The zero-order valence-electron chi connectivity index (χ0n) is 13.8. The van der Waals surface area contributed by atoms with Crippen molar-refractivity contribution in [2.24, 2.45) is 0 Å². The zero-order chi connectivity index (χ0) is 17.8. The second-order valence-corrected chi connectivity index (χ2v) is 5.49. The Balaban J connectivity index is 2.22. The summed E-state index contributed by atoms with van der Waals surface area (Å²) >= 11 is 0. The molecule has 0 radical (unpaired) electrons. The number of ether oxygens (including phenoxy) is 1. The summed E-state index contributed by atoms with van der Waals surface area (Å²) in [5, 5.41) is 14.3. The molecule has 0 fully saturated rings. The highest BCUT2D eigenvalue weighted by molar-refractivity contribution is 6.03. The summed E-state index contributed by atoms with van der Waals surface area (Å²) in [6, 6.07) is 12.6. The van der Waals surface area contributed by atoms with Gasteiger partial charge in [0.2, 0.25) is 0 Å². The lowest BCUT2D eigenvalue weighted by atomic mass is 9.98. The molecule has 5 heteroatoms. The molecule has 126 valence electrons. The Morgan fingerprint density at radius 3 is 2.84 bits per heavy atom. The summed E-state index contributed by atoms with van der Waals surface area (Å²) in [5.74, 6) is 0.515. The predicted molar refractivity (Wildman–Crippen MR) is 99.4 cm³/mol. The Bertz CT molecular complexity index is 951. The first kappa shape index (κ1) is 16.5. The molecule has 25 heavy (non-hydrogen) atoms. The van der Waals surface area contributed by atoms with E-state index in [0.29, 0.717) is 6.54 Å². The summed E-state index contributed by atoms with van der Waals surface area (Å²) in [5.41, 5.74) is 1.88. The molecule has 0 saturated heterocycles. The van der Waals surface area contributed by atoms with Gasteiger partial charge in [-0.25, -0.2) is 9.78 Å². The minimum Gasteiger partial charge on any atom is -0.497 e. The van der Waals surface area contributed by atoms with Gasteiger partial charge in [-0.2, -0.15) is 0 Å².